The molecule has 1 aliphatic rings. The van der Waals surface area contributed by atoms with Crippen molar-refractivity contribution in [3.63, 3.8) is 0 Å². The Hall–Kier alpha value is -2.80. The predicted molar refractivity (Wildman–Crippen MR) is 124 cm³/mol. The van der Waals surface area contributed by atoms with Crippen LogP contribution in [0.15, 0.2) is 53.7 Å². The zero-order valence-electron chi connectivity index (χ0n) is 18.1. The highest BCUT2D eigenvalue weighted by molar-refractivity contribution is 7.99. The molecule has 0 unspecified atom stereocenters. The summed E-state index contributed by atoms with van der Waals surface area (Å²) < 4.78 is 7.33. The van der Waals surface area contributed by atoms with E-state index in [9.17, 15) is 4.79 Å². The van der Waals surface area contributed by atoms with Crippen LogP contribution in [0.25, 0.3) is 17.1 Å². The number of methoxy groups -OCH3 is 1. The second-order valence-corrected chi connectivity index (χ2v) is 8.74. The number of aryl methyl sites for hydroxylation is 1. The fourth-order valence-electron chi connectivity index (χ4n) is 3.84. The summed E-state index contributed by atoms with van der Waals surface area (Å²) in [6.07, 6.45) is 4.61. The SMILES string of the molecule is COc1ccc(-n2c(SCC(=O)N3CCCCCC3)nnc2-c2cccc(C)c2)cc1. The van der Waals surface area contributed by atoms with Gasteiger partial charge in [-0.15, -0.1) is 10.2 Å². The second-order valence-electron chi connectivity index (χ2n) is 7.79. The maximum atomic E-state index is 12.8. The van der Waals surface area contributed by atoms with Gasteiger partial charge < -0.3 is 9.64 Å². The zero-order chi connectivity index (χ0) is 21.6. The Morgan fingerprint density at radius 1 is 1.03 bits per heavy atom. The number of rotatable bonds is 6. The van der Waals surface area contributed by atoms with Gasteiger partial charge in [-0.3, -0.25) is 9.36 Å². The van der Waals surface area contributed by atoms with Gasteiger partial charge in [-0.25, -0.2) is 0 Å². The minimum Gasteiger partial charge on any atom is -0.497 e. The molecule has 31 heavy (non-hydrogen) atoms. The lowest BCUT2D eigenvalue weighted by molar-refractivity contribution is -0.128. The van der Waals surface area contributed by atoms with E-state index >= 15 is 0 Å². The minimum atomic E-state index is 0.174. The van der Waals surface area contributed by atoms with Crippen molar-refractivity contribution in [1.29, 1.82) is 0 Å². The molecule has 0 atom stereocenters. The van der Waals surface area contributed by atoms with Crippen LogP contribution in [-0.4, -0.2) is 51.5 Å². The molecule has 2 aromatic carbocycles. The summed E-state index contributed by atoms with van der Waals surface area (Å²) in [5.41, 5.74) is 3.09. The topological polar surface area (TPSA) is 60.2 Å². The molecule has 2 heterocycles. The number of carbonyl (C=O) groups excluding carboxylic acids is 1. The van der Waals surface area contributed by atoms with Crippen LogP contribution >= 0.6 is 11.8 Å². The lowest BCUT2D eigenvalue weighted by atomic mass is 10.1. The van der Waals surface area contributed by atoms with E-state index in [1.54, 1.807) is 7.11 Å². The lowest BCUT2D eigenvalue weighted by Crippen LogP contribution is -2.33. The van der Waals surface area contributed by atoms with Crippen molar-refractivity contribution in [3.8, 4) is 22.8 Å². The molecule has 0 saturated carbocycles. The minimum absolute atomic E-state index is 0.174. The van der Waals surface area contributed by atoms with Gasteiger partial charge in [0, 0.05) is 24.3 Å². The standard InChI is InChI=1S/C24H28N4O2S/c1-18-8-7-9-19(16-18)23-25-26-24(28(23)20-10-12-21(30-2)13-11-20)31-17-22(29)27-14-5-3-4-6-15-27/h7-13,16H,3-6,14-15,17H2,1-2H3. The monoisotopic (exact) mass is 436 g/mol. The van der Waals surface area contributed by atoms with Crippen molar-refractivity contribution >= 4 is 17.7 Å². The molecule has 1 saturated heterocycles. The average Bonchev–Trinajstić information content (AvgIpc) is 3.02. The Kier molecular flexibility index (Phi) is 6.92. The van der Waals surface area contributed by atoms with Crippen LogP contribution in [0.3, 0.4) is 0 Å². The summed E-state index contributed by atoms with van der Waals surface area (Å²) >= 11 is 1.45. The third-order valence-electron chi connectivity index (χ3n) is 5.52. The first-order valence-corrected chi connectivity index (χ1v) is 11.7. The van der Waals surface area contributed by atoms with E-state index in [0.717, 1.165) is 54.3 Å². The van der Waals surface area contributed by atoms with E-state index in [0.29, 0.717) is 10.9 Å². The summed E-state index contributed by atoms with van der Waals surface area (Å²) in [7, 11) is 1.65. The van der Waals surface area contributed by atoms with E-state index in [2.05, 4.69) is 29.3 Å². The number of likely N-dealkylation sites (tertiary alicyclic amines) is 1. The normalized spacial score (nSPS) is 14.3. The van der Waals surface area contributed by atoms with Gasteiger partial charge in [0.2, 0.25) is 5.91 Å². The number of hydrogen-bond acceptors (Lipinski definition) is 5. The molecule has 1 amide bonds. The molecule has 1 fully saturated rings. The van der Waals surface area contributed by atoms with Gasteiger partial charge in [0.15, 0.2) is 11.0 Å². The molecular weight excluding hydrogens is 408 g/mol. The quantitative estimate of drug-likeness (QED) is 0.522. The fraction of sp³-hybridized carbons (Fsp3) is 0.375. The highest BCUT2D eigenvalue weighted by atomic mass is 32.2. The molecule has 162 valence electrons. The largest absolute Gasteiger partial charge is 0.497 e. The van der Waals surface area contributed by atoms with Crippen molar-refractivity contribution in [1.82, 2.24) is 19.7 Å². The molecule has 0 spiro atoms. The van der Waals surface area contributed by atoms with Crippen molar-refractivity contribution in [2.75, 3.05) is 26.0 Å². The first-order chi connectivity index (χ1) is 15.2. The Labute approximate surface area is 187 Å². The molecule has 0 N–H and O–H groups in total. The van der Waals surface area contributed by atoms with Crippen LogP contribution in [0.2, 0.25) is 0 Å². The molecule has 4 rings (SSSR count). The Bertz CT molecular complexity index is 1020. The molecule has 0 bridgehead atoms. The van der Waals surface area contributed by atoms with E-state index in [4.69, 9.17) is 4.74 Å². The van der Waals surface area contributed by atoms with Crippen LogP contribution in [0.4, 0.5) is 0 Å². The molecular formula is C24H28N4O2S. The summed E-state index contributed by atoms with van der Waals surface area (Å²) in [4.78, 5) is 14.8. The van der Waals surface area contributed by atoms with E-state index in [1.807, 2.05) is 45.9 Å². The molecule has 3 aromatic rings. The van der Waals surface area contributed by atoms with E-state index in [1.165, 1.54) is 24.6 Å². The fourth-order valence-corrected chi connectivity index (χ4v) is 4.69. The van der Waals surface area contributed by atoms with Gasteiger partial charge in [-0.2, -0.15) is 0 Å². The molecule has 6 nitrogen and oxygen atoms in total. The Morgan fingerprint density at radius 3 is 2.45 bits per heavy atom. The number of amides is 1. The van der Waals surface area contributed by atoms with Crippen molar-refractivity contribution in [2.24, 2.45) is 0 Å². The number of thioether (sulfide) groups is 1. The summed E-state index contributed by atoms with van der Waals surface area (Å²) in [6, 6.07) is 16.0. The maximum absolute atomic E-state index is 12.8. The van der Waals surface area contributed by atoms with Crippen LogP contribution in [0, 0.1) is 6.92 Å². The smallest absolute Gasteiger partial charge is 0.233 e. The van der Waals surface area contributed by atoms with Gasteiger partial charge in [0.1, 0.15) is 5.75 Å². The average molecular weight is 437 g/mol. The third-order valence-corrected chi connectivity index (χ3v) is 6.44. The zero-order valence-corrected chi connectivity index (χ0v) is 18.9. The van der Waals surface area contributed by atoms with E-state index < -0.39 is 0 Å². The molecule has 1 aromatic heterocycles. The number of ether oxygens (including phenoxy) is 1. The van der Waals surface area contributed by atoms with Gasteiger partial charge in [-0.1, -0.05) is 48.4 Å². The van der Waals surface area contributed by atoms with E-state index in [-0.39, 0.29) is 5.91 Å². The number of hydrogen-bond donors (Lipinski definition) is 0. The van der Waals surface area contributed by atoms with Gasteiger partial charge in [0.05, 0.1) is 12.9 Å². The lowest BCUT2D eigenvalue weighted by Gasteiger charge is -2.20. The molecule has 0 aliphatic carbocycles. The maximum Gasteiger partial charge on any atom is 0.233 e. The van der Waals surface area contributed by atoms with Crippen molar-refractivity contribution in [3.05, 3.63) is 54.1 Å². The first-order valence-electron chi connectivity index (χ1n) is 10.7. The summed E-state index contributed by atoms with van der Waals surface area (Å²) in [5.74, 6) is 2.09. The second kappa shape index (κ2) is 10.0. The van der Waals surface area contributed by atoms with Crippen LogP contribution in [0.5, 0.6) is 5.75 Å². The first kappa shape index (κ1) is 21.4. The molecule has 0 radical (unpaired) electrons. The van der Waals surface area contributed by atoms with Crippen molar-refractivity contribution < 1.29 is 9.53 Å². The van der Waals surface area contributed by atoms with Crippen LogP contribution in [-0.2, 0) is 4.79 Å². The summed E-state index contributed by atoms with van der Waals surface area (Å²) in [5, 5.41) is 9.65. The predicted octanol–water partition coefficient (Wildman–Crippen LogP) is 4.75. The van der Waals surface area contributed by atoms with Crippen molar-refractivity contribution in [2.45, 2.75) is 37.8 Å². The number of nitrogens with zero attached hydrogens (tertiary/aromatic N) is 4. The number of aromatic nitrogens is 3. The van der Waals surface area contributed by atoms with Gasteiger partial charge >= 0.3 is 0 Å². The van der Waals surface area contributed by atoms with Crippen LogP contribution < -0.4 is 4.74 Å². The third kappa shape index (κ3) is 5.10. The Balaban J connectivity index is 1.63. The molecule has 7 heteroatoms. The number of benzene rings is 2. The van der Waals surface area contributed by atoms with Crippen LogP contribution in [0.1, 0.15) is 31.2 Å². The number of carbonyl (C=O) groups is 1. The molecule has 1 aliphatic heterocycles. The van der Waals surface area contributed by atoms with Gasteiger partial charge in [-0.05, 0) is 50.1 Å². The Morgan fingerprint density at radius 2 is 1.77 bits per heavy atom. The highest BCUT2D eigenvalue weighted by Crippen LogP contribution is 2.29. The highest BCUT2D eigenvalue weighted by Gasteiger charge is 2.20. The summed E-state index contributed by atoms with van der Waals surface area (Å²) in [6.45, 7) is 3.78. The van der Waals surface area contributed by atoms with Gasteiger partial charge in [0.25, 0.3) is 0 Å².